The van der Waals surface area contributed by atoms with Gasteiger partial charge >= 0.3 is 0 Å². The first kappa shape index (κ1) is 21.0. The van der Waals surface area contributed by atoms with Gasteiger partial charge in [0.15, 0.2) is 0 Å². The number of nitrogens with zero attached hydrogens (tertiary/aromatic N) is 1. The fourth-order valence-electron chi connectivity index (χ4n) is 3.41. The van der Waals surface area contributed by atoms with Gasteiger partial charge in [0.1, 0.15) is 11.6 Å². The molecule has 0 unspecified atom stereocenters. The number of carbonyl (C=O) groups excluding carboxylic acids is 2. The first-order valence-electron chi connectivity index (χ1n) is 10.0. The lowest BCUT2D eigenvalue weighted by Crippen LogP contribution is -2.46. The molecule has 2 N–H and O–H groups in total. The number of benzene rings is 1. The molecule has 1 aliphatic rings. The Morgan fingerprint density at radius 3 is 2.28 bits per heavy atom. The normalized spacial score (nSPS) is 15.3. The summed E-state index contributed by atoms with van der Waals surface area (Å²) in [5.74, 6) is -0.0292. The Bertz CT molecular complexity index is 866. The topological polar surface area (TPSA) is 71.1 Å². The molecule has 1 aromatic carbocycles. The third-order valence-corrected chi connectivity index (χ3v) is 5.43. The van der Waals surface area contributed by atoms with E-state index in [-0.39, 0.29) is 23.0 Å². The highest BCUT2D eigenvalue weighted by Crippen LogP contribution is 2.44. The van der Waals surface area contributed by atoms with Crippen LogP contribution in [-0.2, 0) is 15.0 Å². The minimum Gasteiger partial charge on any atom is -0.325 e. The van der Waals surface area contributed by atoms with E-state index in [9.17, 15) is 14.0 Å². The lowest BCUT2D eigenvalue weighted by Gasteiger charge is -2.40. The number of halogens is 1. The number of hydrogen-bond acceptors (Lipinski definition) is 3. The van der Waals surface area contributed by atoms with Crippen molar-refractivity contribution in [3.8, 4) is 0 Å². The number of nitrogens with one attached hydrogen (secondary N) is 2. The van der Waals surface area contributed by atoms with Gasteiger partial charge in [0.05, 0.1) is 5.41 Å². The van der Waals surface area contributed by atoms with Crippen molar-refractivity contribution in [3.05, 3.63) is 54.0 Å². The van der Waals surface area contributed by atoms with Gasteiger partial charge in [0.2, 0.25) is 11.8 Å². The third kappa shape index (κ3) is 5.19. The Labute approximate surface area is 171 Å². The maximum Gasteiger partial charge on any atom is 0.235 e. The van der Waals surface area contributed by atoms with E-state index in [0.717, 1.165) is 31.2 Å². The van der Waals surface area contributed by atoms with Crippen LogP contribution in [0.25, 0.3) is 0 Å². The molecule has 2 aromatic rings. The van der Waals surface area contributed by atoms with Crippen molar-refractivity contribution in [1.82, 2.24) is 4.98 Å². The predicted octanol–water partition coefficient (Wildman–Crippen LogP) is 5.05. The van der Waals surface area contributed by atoms with Crippen molar-refractivity contribution >= 4 is 23.3 Å². The van der Waals surface area contributed by atoms with Gasteiger partial charge in [-0.25, -0.2) is 9.37 Å². The SMILES string of the molecule is CC(C)(C)CCC(=O)Nc1ccc(C2(C(=O)Nc3ccc(F)cc3)CCC2)cn1. The lowest BCUT2D eigenvalue weighted by molar-refractivity contribution is -0.124. The molecule has 29 heavy (non-hydrogen) atoms. The van der Waals surface area contributed by atoms with Crippen LogP contribution in [0.1, 0.15) is 58.4 Å². The Balaban J connectivity index is 1.66. The van der Waals surface area contributed by atoms with Crippen LogP contribution < -0.4 is 10.6 Å². The molecule has 154 valence electrons. The van der Waals surface area contributed by atoms with Gasteiger partial charge in [0.25, 0.3) is 0 Å². The second-order valence-electron chi connectivity index (χ2n) is 8.94. The number of aromatic nitrogens is 1. The van der Waals surface area contributed by atoms with E-state index in [1.165, 1.54) is 12.1 Å². The smallest absolute Gasteiger partial charge is 0.235 e. The average molecular weight is 397 g/mol. The quantitative estimate of drug-likeness (QED) is 0.717. The number of hydrogen-bond donors (Lipinski definition) is 2. The highest BCUT2D eigenvalue weighted by molar-refractivity contribution is 6.00. The Kier molecular flexibility index (Phi) is 6.01. The molecule has 0 spiro atoms. The maximum absolute atomic E-state index is 13.1. The molecule has 1 aliphatic carbocycles. The van der Waals surface area contributed by atoms with Gasteiger partial charge in [-0.2, -0.15) is 0 Å². The first-order valence-corrected chi connectivity index (χ1v) is 10.0. The van der Waals surface area contributed by atoms with Gasteiger partial charge in [-0.3, -0.25) is 9.59 Å². The van der Waals surface area contributed by atoms with Crippen LogP contribution in [0.15, 0.2) is 42.6 Å². The summed E-state index contributed by atoms with van der Waals surface area (Å²) >= 11 is 0. The first-order chi connectivity index (χ1) is 13.7. The molecule has 5 nitrogen and oxygen atoms in total. The maximum atomic E-state index is 13.1. The van der Waals surface area contributed by atoms with Gasteiger partial charge in [-0.15, -0.1) is 0 Å². The zero-order valence-corrected chi connectivity index (χ0v) is 17.2. The van der Waals surface area contributed by atoms with Crippen molar-refractivity contribution < 1.29 is 14.0 Å². The average Bonchev–Trinajstić information content (AvgIpc) is 2.62. The summed E-state index contributed by atoms with van der Waals surface area (Å²) in [5.41, 5.74) is 0.869. The summed E-state index contributed by atoms with van der Waals surface area (Å²) in [7, 11) is 0. The highest BCUT2D eigenvalue weighted by Gasteiger charge is 2.45. The number of carbonyl (C=O) groups is 2. The van der Waals surface area contributed by atoms with Crippen molar-refractivity contribution in [2.75, 3.05) is 10.6 Å². The molecule has 0 bridgehead atoms. The molecule has 0 radical (unpaired) electrons. The molecule has 1 heterocycles. The molecular formula is C23H28FN3O2. The Morgan fingerprint density at radius 1 is 1.07 bits per heavy atom. The van der Waals surface area contributed by atoms with Crippen LogP contribution in [0.5, 0.6) is 0 Å². The van der Waals surface area contributed by atoms with Crippen LogP contribution in [0.2, 0.25) is 0 Å². The predicted molar refractivity (Wildman–Crippen MR) is 112 cm³/mol. The molecule has 0 saturated heterocycles. The van der Waals surface area contributed by atoms with Crippen molar-refractivity contribution in [2.24, 2.45) is 5.41 Å². The molecule has 6 heteroatoms. The van der Waals surface area contributed by atoms with E-state index in [1.807, 2.05) is 6.07 Å². The number of amides is 2. The van der Waals surface area contributed by atoms with Crippen molar-refractivity contribution in [3.63, 3.8) is 0 Å². The molecular weight excluding hydrogens is 369 g/mol. The molecule has 1 fully saturated rings. The number of pyridine rings is 1. The van der Waals surface area contributed by atoms with Crippen LogP contribution in [0, 0.1) is 11.2 Å². The largest absolute Gasteiger partial charge is 0.325 e. The highest BCUT2D eigenvalue weighted by atomic mass is 19.1. The third-order valence-electron chi connectivity index (χ3n) is 5.43. The van der Waals surface area contributed by atoms with Crippen LogP contribution in [0.3, 0.4) is 0 Å². The second kappa shape index (κ2) is 8.31. The molecule has 2 amide bonds. The van der Waals surface area contributed by atoms with Crippen LogP contribution in [0.4, 0.5) is 15.9 Å². The fourth-order valence-corrected chi connectivity index (χ4v) is 3.41. The minimum absolute atomic E-state index is 0.0624. The lowest BCUT2D eigenvalue weighted by atomic mass is 9.64. The molecule has 0 aliphatic heterocycles. The van der Waals surface area contributed by atoms with Crippen molar-refractivity contribution in [2.45, 2.75) is 58.3 Å². The summed E-state index contributed by atoms with van der Waals surface area (Å²) in [6.07, 6.45) is 5.34. The molecule has 1 aromatic heterocycles. The van der Waals surface area contributed by atoms with E-state index >= 15 is 0 Å². The summed E-state index contributed by atoms with van der Waals surface area (Å²) in [6, 6.07) is 9.34. The summed E-state index contributed by atoms with van der Waals surface area (Å²) in [6.45, 7) is 6.30. The molecule has 3 rings (SSSR count). The summed E-state index contributed by atoms with van der Waals surface area (Å²) in [5, 5.41) is 5.70. The fraction of sp³-hybridized carbons (Fsp3) is 0.435. The van der Waals surface area contributed by atoms with E-state index in [4.69, 9.17) is 0 Å². The van der Waals surface area contributed by atoms with Gasteiger partial charge < -0.3 is 10.6 Å². The molecule has 0 atom stereocenters. The van der Waals surface area contributed by atoms with Crippen LogP contribution >= 0.6 is 0 Å². The zero-order chi connectivity index (χ0) is 21.1. The van der Waals surface area contributed by atoms with E-state index in [1.54, 1.807) is 24.4 Å². The van der Waals surface area contributed by atoms with Crippen molar-refractivity contribution in [1.29, 1.82) is 0 Å². The Hall–Kier alpha value is -2.76. The number of rotatable bonds is 6. The number of anilines is 2. The minimum atomic E-state index is -0.629. The standard InChI is InChI=1S/C23H28FN3O2/c1-22(2,3)14-11-20(28)27-19-10-5-16(15-25-19)23(12-4-13-23)21(29)26-18-8-6-17(24)7-9-18/h5-10,15H,4,11-14H2,1-3H3,(H,26,29)(H,25,27,28). The summed E-state index contributed by atoms with van der Waals surface area (Å²) in [4.78, 5) is 29.4. The van der Waals surface area contributed by atoms with E-state index in [0.29, 0.717) is 17.9 Å². The van der Waals surface area contributed by atoms with Gasteiger partial charge in [-0.05, 0) is 60.6 Å². The molecule has 1 saturated carbocycles. The Morgan fingerprint density at radius 2 is 1.76 bits per heavy atom. The second-order valence-corrected chi connectivity index (χ2v) is 8.94. The summed E-state index contributed by atoms with van der Waals surface area (Å²) < 4.78 is 13.1. The van der Waals surface area contributed by atoms with Gasteiger partial charge in [-0.1, -0.05) is 33.3 Å². The van der Waals surface area contributed by atoms with Gasteiger partial charge in [0, 0.05) is 18.3 Å². The zero-order valence-electron chi connectivity index (χ0n) is 17.2. The van der Waals surface area contributed by atoms with E-state index in [2.05, 4.69) is 36.4 Å². The monoisotopic (exact) mass is 397 g/mol. The van der Waals surface area contributed by atoms with E-state index < -0.39 is 5.41 Å². The van der Waals surface area contributed by atoms with Crippen LogP contribution in [-0.4, -0.2) is 16.8 Å².